The van der Waals surface area contributed by atoms with Crippen molar-refractivity contribution < 1.29 is 13.2 Å². The van der Waals surface area contributed by atoms with Crippen LogP contribution < -0.4 is 0 Å². The number of rotatable bonds is 3. The van der Waals surface area contributed by atoms with Crippen molar-refractivity contribution in [2.24, 2.45) is 0 Å². The number of halogens is 3. The van der Waals surface area contributed by atoms with E-state index in [0.717, 1.165) is 11.6 Å². The van der Waals surface area contributed by atoms with Crippen molar-refractivity contribution in [2.45, 2.75) is 6.18 Å². The highest BCUT2D eigenvalue weighted by Crippen LogP contribution is 2.34. The number of nitrogens with zero attached hydrogens (tertiary/aromatic N) is 3. The summed E-state index contributed by atoms with van der Waals surface area (Å²) >= 11 is 0. The third-order valence-electron chi connectivity index (χ3n) is 4.12. The first-order valence-corrected chi connectivity index (χ1v) is 8.27. The minimum absolute atomic E-state index is 0.189. The maximum Gasteiger partial charge on any atom is 0.419 e. The first-order valence-electron chi connectivity index (χ1n) is 8.27. The Hall–Kier alpha value is -3.41. The van der Waals surface area contributed by atoms with Crippen molar-refractivity contribution in [1.82, 2.24) is 14.5 Å². The van der Waals surface area contributed by atoms with Gasteiger partial charge in [0.05, 0.1) is 16.6 Å². The molecule has 0 atom stereocenters. The first-order chi connectivity index (χ1) is 13.0. The molecule has 0 N–H and O–H groups in total. The summed E-state index contributed by atoms with van der Waals surface area (Å²) < 4.78 is 42.0. The van der Waals surface area contributed by atoms with Gasteiger partial charge in [-0.05, 0) is 35.9 Å². The van der Waals surface area contributed by atoms with E-state index in [1.165, 1.54) is 16.8 Å². The average molecular weight is 365 g/mol. The van der Waals surface area contributed by atoms with Crippen molar-refractivity contribution in [2.75, 3.05) is 0 Å². The van der Waals surface area contributed by atoms with Crippen LogP contribution in [0.3, 0.4) is 0 Å². The van der Waals surface area contributed by atoms with Crippen LogP contribution in [0.1, 0.15) is 17.0 Å². The van der Waals surface area contributed by atoms with Crippen molar-refractivity contribution in [3.8, 4) is 5.82 Å². The standard InChI is InChI=1S/C21H14F3N3/c22-21(23,24)16-9-6-14-25-20(16)27-18-11-5-4-10-17(18)26-19(27)13-12-15-7-2-1-3-8-15/h1-14H/b13-12+. The summed E-state index contributed by atoms with van der Waals surface area (Å²) in [6.07, 6.45) is 0.345. The summed E-state index contributed by atoms with van der Waals surface area (Å²) in [6.45, 7) is 0. The predicted octanol–water partition coefficient (Wildman–Crippen LogP) is 5.61. The molecule has 0 saturated carbocycles. The summed E-state index contributed by atoms with van der Waals surface area (Å²) in [7, 11) is 0. The molecule has 0 amide bonds. The zero-order valence-corrected chi connectivity index (χ0v) is 14.1. The molecule has 0 spiro atoms. The highest BCUT2D eigenvalue weighted by molar-refractivity contribution is 5.82. The molecule has 27 heavy (non-hydrogen) atoms. The SMILES string of the molecule is FC(F)(F)c1cccnc1-n1c(/C=C/c2ccccc2)nc2ccccc21. The van der Waals surface area contributed by atoms with E-state index in [4.69, 9.17) is 0 Å². The molecule has 134 valence electrons. The summed E-state index contributed by atoms with van der Waals surface area (Å²) in [5.74, 6) is 0.190. The molecule has 2 heterocycles. The highest BCUT2D eigenvalue weighted by atomic mass is 19.4. The van der Waals surface area contributed by atoms with Crippen molar-refractivity contribution >= 4 is 23.2 Å². The van der Waals surface area contributed by atoms with Gasteiger partial charge < -0.3 is 0 Å². The van der Waals surface area contributed by atoms with Crippen LogP contribution in [0.25, 0.3) is 29.0 Å². The number of benzene rings is 2. The molecule has 0 unspecified atom stereocenters. The van der Waals surface area contributed by atoms with Crippen LogP contribution in [0.2, 0.25) is 0 Å². The van der Waals surface area contributed by atoms with E-state index in [0.29, 0.717) is 16.9 Å². The molecule has 2 aromatic heterocycles. The van der Waals surface area contributed by atoms with Crippen LogP contribution in [-0.2, 0) is 6.18 Å². The Morgan fingerprint density at radius 2 is 1.56 bits per heavy atom. The smallest absolute Gasteiger partial charge is 0.276 e. The predicted molar refractivity (Wildman–Crippen MR) is 99.2 cm³/mol. The Kier molecular flexibility index (Phi) is 4.24. The van der Waals surface area contributed by atoms with Crippen molar-refractivity contribution in [3.63, 3.8) is 0 Å². The van der Waals surface area contributed by atoms with E-state index in [2.05, 4.69) is 9.97 Å². The monoisotopic (exact) mass is 365 g/mol. The molecule has 6 heteroatoms. The summed E-state index contributed by atoms with van der Waals surface area (Å²) in [5, 5.41) is 0. The Balaban J connectivity index is 1.94. The van der Waals surface area contributed by atoms with E-state index in [1.54, 1.807) is 30.3 Å². The van der Waals surface area contributed by atoms with Gasteiger partial charge in [0.15, 0.2) is 5.82 Å². The van der Waals surface area contributed by atoms with Gasteiger partial charge in [-0.3, -0.25) is 4.57 Å². The van der Waals surface area contributed by atoms with Crippen molar-refractivity contribution in [1.29, 1.82) is 0 Å². The van der Waals surface area contributed by atoms with E-state index < -0.39 is 11.7 Å². The average Bonchev–Trinajstić information content (AvgIpc) is 3.05. The number of pyridine rings is 1. The molecule has 0 fully saturated rings. The van der Waals surface area contributed by atoms with E-state index >= 15 is 0 Å². The highest BCUT2D eigenvalue weighted by Gasteiger charge is 2.35. The molecule has 0 aliphatic rings. The third-order valence-corrected chi connectivity index (χ3v) is 4.12. The first kappa shape index (κ1) is 17.0. The Morgan fingerprint density at radius 3 is 2.33 bits per heavy atom. The fraction of sp³-hybridized carbons (Fsp3) is 0.0476. The van der Waals surface area contributed by atoms with Crippen LogP contribution in [0, 0.1) is 0 Å². The third kappa shape index (κ3) is 3.33. The molecule has 0 radical (unpaired) electrons. The lowest BCUT2D eigenvalue weighted by Crippen LogP contribution is -2.13. The molecule has 4 aromatic rings. The van der Waals surface area contributed by atoms with Gasteiger partial charge in [-0.15, -0.1) is 0 Å². The van der Waals surface area contributed by atoms with Gasteiger partial charge in [0, 0.05) is 6.20 Å². The number of hydrogen-bond acceptors (Lipinski definition) is 2. The molecule has 0 bridgehead atoms. The molecule has 3 nitrogen and oxygen atoms in total. The minimum Gasteiger partial charge on any atom is -0.276 e. The number of aromatic nitrogens is 3. The molecule has 4 rings (SSSR count). The zero-order valence-electron chi connectivity index (χ0n) is 14.1. The largest absolute Gasteiger partial charge is 0.419 e. The Morgan fingerprint density at radius 1 is 0.815 bits per heavy atom. The second-order valence-corrected chi connectivity index (χ2v) is 5.91. The van der Waals surface area contributed by atoms with Crippen LogP contribution in [0.15, 0.2) is 72.9 Å². The quantitative estimate of drug-likeness (QED) is 0.472. The van der Waals surface area contributed by atoms with Crippen LogP contribution in [0.5, 0.6) is 0 Å². The maximum atomic E-state index is 13.5. The van der Waals surface area contributed by atoms with Gasteiger partial charge in [-0.2, -0.15) is 13.2 Å². The number of fused-ring (bicyclic) bond motifs is 1. The zero-order chi connectivity index (χ0) is 18.9. The molecule has 0 aliphatic carbocycles. The fourth-order valence-electron chi connectivity index (χ4n) is 2.91. The van der Waals surface area contributed by atoms with Gasteiger partial charge in [0.2, 0.25) is 0 Å². The van der Waals surface area contributed by atoms with Gasteiger partial charge in [-0.25, -0.2) is 9.97 Å². The fourth-order valence-corrected chi connectivity index (χ4v) is 2.91. The number of hydrogen-bond donors (Lipinski definition) is 0. The molecule has 0 aliphatic heterocycles. The lowest BCUT2D eigenvalue weighted by molar-refractivity contribution is -0.137. The molecular weight excluding hydrogens is 351 g/mol. The number of imidazole rings is 1. The second-order valence-electron chi connectivity index (χ2n) is 5.91. The van der Waals surface area contributed by atoms with Crippen molar-refractivity contribution in [3.05, 3.63) is 89.9 Å². The minimum atomic E-state index is -4.52. The van der Waals surface area contributed by atoms with Crippen LogP contribution >= 0.6 is 0 Å². The van der Waals surface area contributed by atoms with Gasteiger partial charge in [0.1, 0.15) is 5.82 Å². The second kappa shape index (κ2) is 6.72. The molecule has 0 saturated heterocycles. The Bertz CT molecular complexity index is 1110. The van der Waals surface area contributed by atoms with Crippen LogP contribution in [-0.4, -0.2) is 14.5 Å². The van der Waals surface area contributed by atoms with Gasteiger partial charge >= 0.3 is 6.18 Å². The summed E-state index contributed by atoms with van der Waals surface area (Å²) in [4.78, 5) is 8.52. The molecular formula is C21H14F3N3. The number of para-hydroxylation sites is 2. The molecule has 2 aromatic carbocycles. The Labute approximate surface area is 153 Å². The number of alkyl halides is 3. The summed E-state index contributed by atoms with van der Waals surface area (Å²) in [5.41, 5.74) is 1.29. The maximum absolute atomic E-state index is 13.5. The van der Waals surface area contributed by atoms with Crippen LogP contribution in [0.4, 0.5) is 13.2 Å². The van der Waals surface area contributed by atoms with E-state index in [-0.39, 0.29) is 5.82 Å². The van der Waals surface area contributed by atoms with E-state index in [1.807, 2.05) is 36.4 Å². The van der Waals surface area contributed by atoms with Gasteiger partial charge in [-0.1, -0.05) is 48.5 Å². The van der Waals surface area contributed by atoms with Gasteiger partial charge in [0.25, 0.3) is 0 Å². The lowest BCUT2D eigenvalue weighted by Gasteiger charge is -2.14. The topological polar surface area (TPSA) is 30.7 Å². The summed E-state index contributed by atoms with van der Waals surface area (Å²) in [6, 6.07) is 18.9. The normalized spacial score (nSPS) is 12.1. The van der Waals surface area contributed by atoms with E-state index in [9.17, 15) is 13.2 Å². The lowest BCUT2D eigenvalue weighted by atomic mass is 10.2.